The third-order valence-corrected chi connectivity index (χ3v) is 3.59. The minimum atomic E-state index is -0.358. The summed E-state index contributed by atoms with van der Waals surface area (Å²) in [6.07, 6.45) is 0.488. The maximum absolute atomic E-state index is 13.5. The van der Waals surface area contributed by atoms with Gasteiger partial charge >= 0.3 is 0 Å². The molecule has 3 aromatic rings. The molecule has 0 aliphatic rings. The normalized spacial score (nSPS) is 11.1. The molecule has 7 nitrogen and oxygen atoms in total. The molecule has 136 valence electrons. The van der Waals surface area contributed by atoms with Crippen LogP contribution in [0.1, 0.15) is 20.3 Å². The Morgan fingerprint density at radius 3 is 2.88 bits per heavy atom. The number of benzene rings is 1. The average Bonchev–Trinajstić information content (AvgIpc) is 3.01. The molecule has 0 fully saturated rings. The van der Waals surface area contributed by atoms with Crippen LogP contribution in [-0.2, 0) is 4.79 Å². The van der Waals surface area contributed by atoms with E-state index < -0.39 is 0 Å². The van der Waals surface area contributed by atoms with Crippen LogP contribution in [0.2, 0.25) is 0 Å². The standard InChI is InChI=1S/C18H20FN5O2/c1-12(2)10-16(25)20-8-9-26-17-7-6-15-21-22-18(24(15)23-17)13-4-3-5-14(19)11-13/h3-7,11-12H,8-10H2,1-2H3,(H,20,25). The summed E-state index contributed by atoms with van der Waals surface area (Å²) in [4.78, 5) is 11.6. The smallest absolute Gasteiger partial charge is 0.231 e. The fourth-order valence-electron chi connectivity index (χ4n) is 2.45. The maximum Gasteiger partial charge on any atom is 0.231 e. The SMILES string of the molecule is CC(C)CC(=O)NCCOc1ccc2nnc(-c3cccc(F)c3)n2n1. The second-order valence-electron chi connectivity index (χ2n) is 6.27. The molecule has 0 aliphatic heterocycles. The Balaban J connectivity index is 1.67. The summed E-state index contributed by atoms with van der Waals surface area (Å²) in [6.45, 7) is 4.67. The van der Waals surface area contributed by atoms with Crippen molar-refractivity contribution in [2.75, 3.05) is 13.2 Å². The summed E-state index contributed by atoms with van der Waals surface area (Å²) in [5, 5.41) is 15.2. The van der Waals surface area contributed by atoms with Crippen molar-refractivity contribution in [3.05, 3.63) is 42.2 Å². The Hall–Kier alpha value is -3.03. The van der Waals surface area contributed by atoms with Gasteiger partial charge < -0.3 is 10.1 Å². The van der Waals surface area contributed by atoms with E-state index in [1.54, 1.807) is 24.3 Å². The Kier molecular flexibility index (Phi) is 5.40. The number of halogens is 1. The van der Waals surface area contributed by atoms with Crippen LogP contribution in [0, 0.1) is 11.7 Å². The van der Waals surface area contributed by atoms with Crippen LogP contribution in [0.5, 0.6) is 5.88 Å². The van der Waals surface area contributed by atoms with Crippen molar-refractivity contribution in [1.82, 2.24) is 25.1 Å². The van der Waals surface area contributed by atoms with Gasteiger partial charge in [0.05, 0.1) is 6.54 Å². The van der Waals surface area contributed by atoms with E-state index in [1.165, 1.54) is 16.6 Å². The molecule has 8 heteroatoms. The molecule has 0 saturated heterocycles. The Morgan fingerprint density at radius 2 is 2.12 bits per heavy atom. The zero-order chi connectivity index (χ0) is 18.5. The van der Waals surface area contributed by atoms with Crippen molar-refractivity contribution in [3.8, 4) is 17.3 Å². The van der Waals surface area contributed by atoms with Crippen molar-refractivity contribution >= 4 is 11.6 Å². The van der Waals surface area contributed by atoms with E-state index in [0.29, 0.717) is 48.4 Å². The van der Waals surface area contributed by atoms with Gasteiger partial charge in [0.1, 0.15) is 12.4 Å². The number of amides is 1. The largest absolute Gasteiger partial charge is 0.475 e. The fraction of sp³-hybridized carbons (Fsp3) is 0.333. The first kappa shape index (κ1) is 17.8. The van der Waals surface area contributed by atoms with Crippen LogP contribution in [0.25, 0.3) is 17.0 Å². The number of rotatable bonds is 7. The van der Waals surface area contributed by atoms with Gasteiger partial charge in [-0.2, -0.15) is 4.52 Å². The molecule has 0 unspecified atom stereocenters. The topological polar surface area (TPSA) is 81.4 Å². The number of nitrogens with one attached hydrogen (secondary N) is 1. The van der Waals surface area contributed by atoms with Gasteiger partial charge in [0, 0.05) is 18.1 Å². The lowest BCUT2D eigenvalue weighted by Gasteiger charge is -2.08. The number of carbonyl (C=O) groups is 1. The molecule has 1 aromatic carbocycles. The maximum atomic E-state index is 13.5. The first-order valence-electron chi connectivity index (χ1n) is 8.41. The molecule has 1 N–H and O–H groups in total. The van der Waals surface area contributed by atoms with Gasteiger partial charge in [0.2, 0.25) is 11.8 Å². The van der Waals surface area contributed by atoms with Crippen molar-refractivity contribution in [1.29, 1.82) is 0 Å². The summed E-state index contributed by atoms with van der Waals surface area (Å²) in [7, 11) is 0. The average molecular weight is 357 g/mol. The van der Waals surface area contributed by atoms with Crippen LogP contribution < -0.4 is 10.1 Å². The Bertz CT molecular complexity index is 909. The van der Waals surface area contributed by atoms with E-state index in [4.69, 9.17) is 4.74 Å². The van der Waals surface area contributed by atoms with E-state index in [9.17, 15) is 9.18 Å². The highest BCUT2D eigenvalue weighted by Crippen LogP contribution is 2.19. The molecular weight excluding hydrogens is 337 g/mol. The van der Waals surface area contributed by atoms with Gasteiger partial charge in [-0.15, -0.1) is 15.3 Å². The van der Waals surface area contributed by atoms with Gasteiger partial charge in [-0.3, -0.25) is 4.79 Å². The van der Waals surface area contributed by atoms with Crippen LogP contribution in [0.4, 0.5) is 4.39 Å². The number of aromatic nitrogens is 4. The zero-order valence-electron chi connectivity index (χ0n) is 14.6. The molecule has 2 heterocycles. The minimum absolute atomic E-state index is 0.000730. The lowest BCUT2D eigenvalue weighted by molar-refractivity contribution is -0.121. The van der Waals surface area contributed by atoms with Crippen LogP contribution >= 0.6 is 0 Å². The monoisotopic (exact) mass is 357 g/mol. The van der Waals surface area contributed by atoms with Gasteiger partial charge in [0.25, 0.3) is 0 Å². The van der Waals surface area contributed by atoms with Crippen LogP contribution in [0.15, 0.2) is 36.4 Å². The second-order valence-corrected chi connectivity index (χ2v) is 6.27. The molecule has 0 spiro atoms. The minimum Gasteiger partial charge on any atom is -0.475 e. The number of nitrogens with zero attached hydrogens (tertiary/aromatic N) is 4. The summed E-state index contributed by atoms with van der Waals surface area (Å²) >= 11 is 0. The summed E-state index contributed by atoms with van der Waals surface area (Å²) in [5.41, 5.74) is 1.10. The van der Waals surface area contributed by atoms with Crippen molar-refractivity contribution < 1.29 is 13.9 Å². The molecule has 0 aliphatic carbocycles. The summed E-state index contributed by atoms with van der Waals surface area (Å²) in [6, 6.07) is 9.47. The molecule has 1 amide bonds. The van der Waals surface area contributed by atoms with E-state index in [0.717, 1.165) is 0 Å². The fourth-order valence-corrected chi connectivity index (χ4v) is 2.45. The number of hydrogen-bond acceptors (Lipinski definition) is 5. The first-order chi connectivity index (χ1) is 12.5. The highest BCUT2D eigenvalue weighted by atomic mass is 19.1. The van der Waals surface area contributed by atoms with Gasteiger partial charge in [0.15, 0.2) is 11.5 Å². The molecule has 0 saturated carbocycles. The molecule has 0 bridgehead atoms. The number of fused-ring (bicyclic) bond motifs is 1. The lowest BCUT2D eigenvalue weighted by Crippen LogP contribution is -2.29. The molecule has 2 aromatic heterocycles. The molecule has 26 heavy (non-hydrogen) atoms. The third-order valence-electron chi connectivity index (χ3n) is 3.59. The zero-order valence-corrected chi connectivity index (χ0v) is 14.6. The van der Waals surface area contributed by atoms with E-state index in [-0.39, 0.29) is 11.7 Å². The van der Waals surface area contributed by atoms with Gasteiger partial charge in [-0.1, -0.05) is 26.0 Å². The molecule has 0 atom stereocenters. The van der Waals surface area contributed by atoms with Gasteiger partial charge in [-0.25, -0.2) is 4.39 Å². The van der Waals surface area contributed by atoms with Crippen molar-refractivity contribution in [2.45, 2.75) is 20.3 Å². The predicted octanol–water partition coefficient (Wildman–Crippen LogP) is 2.47. The Morgan fingerprint density at radius 1 is 1.27 bits per heavy atom. The Labute approximate surface area is 150 Å². The van der Waals surface area contributed by atoms with E-state index >= 15 is 0 Å². The molecule has 3 rings (SSSR count). The van der Waals surface area contributed by atoms with Crippen molar-refractivity contribution in [2.24, 2.45) is 5.92 Å². The third kappa shape index (κ3) is 4.33. The number of ether oxygens (including phenoxy) is 1. The summed E-state index contributed by atoms with van der Waals surface area (Å²) < 4.78 is 20.5. The second kappa shape index (κ2) is 7.90. The molecular formula is C18H20FN5O2. The van der Waals surface area contributed by atoms with Crippen molar-refractivity contribution in [3.63, 3.8) is 0 Å². The van der Waals surface area contributed by atoms with Crippen LogP contribution in [-0.4, -0.2) is 38.9 Å². The highest BCUT2D eigenvalue weighted by Gasteiger charge is 2.11. The number of carbonyl (C=O) groups excluding carboxylic acids is 1. The van der Waals surface area contributed by atoms with Crippen LogP contribution in [0.3, 0.4) is 0 Å². The molecule has 0 radical (unpaired) electrons. The number of hydrogen-bond donors (Lipinski definition) is 1. The quantitative estimate of drug-likeness (QED) is 0.657. The highest BCUT2D eigenvalue weighted by molar-refractivity contribution is 5.76. The van der Waals surface area contributed by atoms with Gasteiger partial charge in [-0.05, 0) is 24.1 Å². The lowest BCUT2D eigenvalue weighted by atomic mass is 10.1. The van der Waals surface area contributed by atoms with E-state index in [1.807, 2.05) is 13.8 Å². The predicted molar refractivity (Wildman–Crippen MR) is 94.1 cm³/mol. The van der Waals surface area contributed by atoms with E-state index in [2.05, 4.69) is 20.6 Å². The summed E-state index contributed by atoms with van der Waals surface area (Å²) in [5.74, 6) is 0.751. The first-order valence-corrected chi connectivity index (χ1v) is 8.41.